The molecule has 3 rings (SSSR count). The maximum absolute atomic E-state index is 4.27. The minimum Gasteiger partial charge on any atom is -0.367 e. The Morgan fingerprint density at radius 2 is 2.39 bits per heavy atom. The molecule has 3 aromatic rings. The topological polar surface area (TPSA) is 66.5 Å². The molecule has 92 valence electrons. The number of nitrogens with one attached hydrogen (secondary N) is 2. The summed E-state index contributed by atoms with van der Waals surface area (Å²) < 4.78 is 0. The molecule has 0 aliphatic carbocycles. The van der Waals surface area contributed by atoms with Gasteiger partial charge in [-0.3, -0.25) is 5.10 Å². The van der Waals surface area contributed by atoms with Crippen LogP contribution in [0.2, 0.25) is 0 Å². The van der Waals surface area contributed by atoms with Crippen LogP contribution in [-0.2, 0) is 6.42 Å². The highest BCUT2D eigenvalue weighted by Gasteiger charge is 2.09. The number of hydrogen-bond donors (Lipinski definition) is 2. The van der Waals surface area contributed by atoms with E-state index in [9.17, 15) is 0 Å². The third kappa shape index (κ3) is 2.19. The molecule has 18 heavy (non-hydrogen) atoms. The van der Waals surface area contributed by atoms with Gasteiger partial charge in [0.15, 0.2) is 5.65 Å². The number of nitrogens with zero attached hydrogens (tertiary/aromatic N) is 3. The van der Waals surface area contributed by atoms with Crippen LogP contribution in [0.1, 0.15) is 11.8 Å². The van der Waals surface area contributed by atoms with Crippen molar-refractivity contribution in [2.75, 3.05) is 5.32 Å². The van der Waals surface area contributed by atoms with Crippen LogP contribution in [-0.4, -0.2) is 26.2 Å². The highest BCUT2D eigenvalue weighted by atomic mass is 32.1. The van der Waals surface area contributed by atoms with Gasteiger partial charge in [0.25, 0.3) is 0 Å². The van der Waals surface area contributed by atoms with E-state index in [4.69, 9.17) is 0 Å². The van der Waals surface area contributed by atoms with E-state index in [1.165, 1.54) is 4.88 Å². The Morgan fingerprint density at radius 1 is 1.44 bits per heavy atom. The highest BCUT2D eigenvalue weighted by Crippen LogP contribution is 2.18. The van der Waals surface area contributed by atoms with Crippen molar-refractivity contribution in [3.63, 3.8) is 0 Å². The van der Waals surface area contributed by atoms with Crippen molar-refractivity contribution < 1.29 is 0 Å². The minimum atomic E-state index is 0.316. The molecule has 0 saturated heterocycles. The van der Waals surface area contributed by atoms with E-state index in [-0.39, 0.29) is 0 Å². The number of H-pyrrole nitrogens is 1. The van der Waals surface area contributed by atoms with Crippen LogP contribution in [0.15, 0.2) is 30.0 Å². The van der Waals surface area contributed by atoms with Gasteiger partial charge in [0.1, 0.15) is 12.1 Å². The van der Waals surface area contributed by atoms with Crippen LogP contribution >= 0.6 is 11.3 Å². The lowest BCUT2D eigenvalue weighted by molar-refractivity contribution is 0.795. The lowest BCUT2D eigenvalue weighted by atomic mass is 10.2. The van der Waals surface area contributed by atoms with Crippen molar-refractivity contribution >= 4 is 28.2 Å². The van der Waals surface area contributed by atoms with Crippen molar-refractivity contribution in [2.24, 2.45) is 0 Å². The van der Waals surface area contributed by atoms with Crippen LogP contribution < -0.4 is 5.32 Å². The minimum absolute atomic E-state index is 0.316. The molecule has 0 aliphatic rings. The fourth-order valence-electron chi connectivity index (χ4n) is 1.89. The van der Waals surface area contributed by atoms with Crippen LogP contribution in [0.25, 0.3) is 11.0 Å². The van der Waals surface area contributed by atoms with E-state index in [1.807, 2.05) is 0 Å². The summed E-state index contributed by atoms with van der Waals surface area (Å²) in [6, 6.07) is 4.54. The number of thiophene rings is 1. The summed E-state index contributed by atoms with van der Waals surface area (Å²) in [6.07, 6.45) is 4.28. The van der Waals surface area contributed by atoms with Crippen LogP contribution in [0, 0.1) is 0 Å². The fraction of sp³-hybridized carbons (Fsp3) is 0.250. The number of fused-ring (bicyclic) bond motifs is 1. The van der Waals surface area contributed by atoms with Gasteiger partial charge in [0.2, 0.25) is 0 Å². The van der Waals surface area contributed by atoms with Gasteiger partial charge in [-0.05, 0) is 18.4 Å². The maximum atomic E-state index is 4.27. The van der Waals surface area contributed by atoms with Crippen molar-refractivity contribution in [1.29, 1.82) is 0 Å². The molecular formula is C12H13N5S. The van der Waals surface area contributed by atoms with Gasteiger partial charge in [-0.2, -0.15) is 5.10 Å². The molecule has 0 saturated carbocycles. The Kier molecular flexibility index (Phi) is 2.93. The van der Waals surface area contributed by atoms with E-state index in [2.05, 4.69) is 49.9 Å². The molecule has 0 radical (unpaired) electrons. The van der Waals surface area contributed by atoms with E-state index in [0.717, 1.165) is 23.3 Å². The Labute approximate surface area is 108 Å². The van der Waals surface area contributed by atoms with Crippen molar-refractivity contribution in [1.82, 2.24) is 20.2 Å². The van der Waals surface area contributed by atoms with Gasteiger partial charge in [-0.1, -0.05) is 6.07 Å². The molecule has 3 heterocycles. The predicted octanol–water partition coefficient (Wildman–Crippen LogP) is 2.46. The SMILES string of the molecule is C[C@@H](Cc1cccs1)Nc1ncnc2[nH]ncc12. The van der Waals surface area contributed by atoms with E-state index >= 15 is 0 Å². The van der Waals surface area contributed by atoms with E-state index in [1.54, 1.807) is 23.9 Å². The van der Waals surface area contributed by atoms with Crippen molar-refractivity contribution in [3.05, 3.63) is 34.9 Å². The molecule has 0 amide bonds. The maximum Gasteiger partial charge on any atom is 0.160 e. The summed E-state index contributed by atoms with van der Waals surface area (Å²) in [7, 11) is 0. The summed E-state index contributed by atoms with van der Waals surface area (Å²) in [4.78, 5) is 9.76. The van der Waals surface area contributed by atoms with E-state index < -0.39 is 0 Å². The average molecular weight is 259 g/mol. The summed E-state index contributed by atoms with van der Waals surface area (Å²) >= 11 is 1.78. The van der Waals surface area contributed by atoms with Gasteiger partial charge in [0.05, 0.1) is 11.6 Å². The molecule has 3 aromatic heterocycles. The molecule has 2 N–H and O–H groups in total. The zero-order valence-corrected chi connectivity index (χ0v) is 10.7. The molecule has 0 bridgehead atoms. The quantitative estimate of drug-likeness (QED) is 0.755. The van der Waals surface area contributed by atoms with Crippen LogP contribution in [0.5, 0.6) is 0 Å². The van der Waals surface area contributed by atoms with E-state index in [0.29, 0.717) is 6.04 Å². The van der Waals surface area contributed by atoms with Crippen molar-refractivity contribution in [3.8, 4) is 0 Å². The summed E-state index contributed by atoms with van der Waals surface area (Å²) in [6.45, 7) is 2.15. The van der Waals surface area contributed by atoms with Crippen molar-refractivity contribution in [2.45, 2.75) is 19.4 Å². The first-order chi connectivity index (χ1) is 8.83. The average Bonchev–Trinajstić information content (AvgIpc) is 2.99. The molecule has 0 spiro atoms. The predicted molar refractivity (Wildman–Crippen MR) is 72.8 cm³/mol. The normalized spacial score (nSPS) is 12.7. The second-order valence-electron chi connectivity index (χ2n) is 4.18. The van der Waals surface area contributed by atoms with Gasteiger partial charge >= 0.3 is 0 Å². The summed E-state index contributed by atoms with van der Waals surface area (Å²) in [5.41, 5.74) is 0.760. The van der Waals surface area contributed by atoms with Gasteiger partial charge < -0.3 is 5.32 Å². The Hall–Kier alpha value is -1.95. The third-order valence-electron chi connectivity index (χ3n) is 2.72. The number of aromatic amines is 1. The Balaban J connectivity index is 1.77. The first-order valence-corrected chi connectivity index (χ1v) is 6.64. The Morgan fingerprint density at radius 3 is 3.22 bits per heavy atom. The van der Waals surface area contributed by atoms with Gasteiger partial charge in [-0.15, -0.1) is 11.3 Å². The first-order valence-electron chi connectivity index (χ1n) is 5.76. The lowest BCUT2D eigenvalue weighted by Gasteiger charge is -2.13. The molecular weight excluding hydrogens is 246 g/mol. The fourth-order valence-corrected chi connectivity index (χ4v) is 2.73. The molecule has 0 unspecified atom stereocenters. The first kappa shape index (κ1) is 11.2. The summed E-state index contributed by atoms with van der Waals surface area (Å²) in [5, 5.41) is 13.2. The largest absolute Gasteiger partial charge is 0.367 e. The van der Waals surface area contributed by atoms with Crippen LogP contribution in [0.3, 0.4) is 0 Å². The van der Waals surface area contributed by atoms with Crippen LogP contribution in [0.4, 0.5) is 5.82 Å². The molecule has 0 aliphatic heterocycles. The molecule has 5 nitrogen and oxygen atoms in total. The third-order valence-corrected chi connectivity index (χ3v) is 3.62. The number of rotatable bonds is 4. The second-order valence-corrected chi connectivity index (χ2v) is 5.22. The smallest absolute Gasteiger partial charge is 0.160 e. The Bertz CT molecular complexity index is 631. The number of anilines is 1. The standard InChI is InChI=1S/C12H13N5S/c1-8(5-9-3-2-4-18-9)16-11-10-6-15-17-12(10)14-7-13-11/h2-4,6-8H,5H2,1H3,(H2,13,14,15,16,17)/t8-/m0/s1. The zero-order chi connectivity index (χ0) is 12.4. The number of hydrogen-bond acceptors (Lipinski definition) is 5. The zero-order valence-electron chi connectivity index (χ0n) is 9.92. The molecule has 0 aromatic carbocycles. The number of aromatic nitrogens is 4. The molecule has 1 atom stereocenters. The van der Waals surface area contributed by atoms with Gasteiger partial charge in [-0.25, -0.2) is 9.97 Å². The molecule has 0 fully saturated rings. The lowest BCUT2D eigenvalue weighted by Crippen LogP contribution is -2.18. The van der Waals surface area contributed by atoms with Gasteiger partial charge in [0, 0.05) is 17.3 Å². The summed E-state index contributed by atoms with van der Waals surface area (Å²) in [5.74, 6) is 0.831. The molecule has 6 heteroatoms. The monoisotopic (exact) mass is 259 g/mol. The second kappa shape index (κ2) is 4.73. The highest BCUT2D eigenvalue weighted by molar-refractivity contribution is 7.09.